The monoisotopic (exact) mass is 261 g/mol. The zero-order chi connectivity index (χ0) is 13.6. The van der Waals surface area contributed by atoms with Gasteiger partial charge in [-0.25, -0.2) is 0 Å². The molecule has 3 heteroatoms. The summed E-state index contributed by atoms with van der Waals surface area (Å²) in [6.45, 7) is 0. The molecule has 98 valence electrons. The standard InChI is InChI=1S/C17H15N3/c18-17(6-7-17)14-3-1-2-12(10-14)13-4-5-15-16(11-13)20-9-8-19-15/h1-5,8-11H,6-7,18H2. The third-order valence-corrected chi connectivity index (χ3v) is 4.03. The van der Waals surface area contributed by atoms with E-state index in [0.29, 0.717) is 0 Å². The van der Waals surface area contributed by atoms with Crippen LogP contribution in [0.2, 0.25) is 0 Å². The Morgan fingerprint density at radius 2 is 1.60 bits per heavy atom. The van der Waals surface area contributed by atoms with Gasteiger partial charge in [-0.3, -0.25) is 9.97 Å². The first-order valence-electron chi connectivity index (χ1n) is 6.85. The van der Waals surface area contributed by atoms with Gasteiger partial charge in [0.2, 0.25) is 0 Å². The second kappa shape index (κ2) is 4.12. The zero-order valence-corrected chi connectivity index (χ0v) is 11.1. The largest absolute Gasteiger partial charge is 0.321 e. The van der Waals surface area contributed by atoms with Crippen LogP contribution < -0.4 is 5.73 Å². The van der Waals surface area contributed by atoms with Crippen LogP contribution in [0, 0.1) is 0 Å². The Hall–Kier alpha value is -2.26. The van der Waals surface area contributed by atoms with Gasteiger partial charge in [-0.05, 0) is 47.7 Å². The summed E-state index contributed by atoms with van der Waals surface area (Å²) >= 11 is 0. The Morgan fingerprint density at radius 1 is 0.850 bits per heavy atom. The maximum absolute atomic E-state index is 6.28. The van der Waals surface area contributed by atoms with Crippen molar-refractivity contribution in [2.75, 3.05) is 0 Å². The van der Waals surface area contributed by atoms with Gasteiger partial charge in [-0.2, -0.15) is 0 Å². The fourth-order valence-corrected chi connectivity index (χ4v) is 2.57. The van der Waals surface area contributed by atoms with Crippen molar-refractivity contribution in [3.05, 3.63) is 60.4 Å². The first-order valence-corrected chi connectivity index (χ1v) is 6.85. The topological polar surface area (TPSA) is 51.8 Å². The van der Waals surface area contributed by atoms with Gasteiger partial charge in [0.05, 0.1) is 11.0 Å². The summed E-state index contributed by atoms with van der Waals surface area (Å²) in [4.78, 5) is 8.66. The minimum atomic E-state index is -0.0906. The predicted molar refractivity (Wildman–Crippen MR) is 80.1 cm³/mol. The predicted octanol–water partition coefficient (Wildman–Crippen LogP) is 3.24. The summed E-state index contributed by atoms with van der Waals surface area (Å²) in [6, 6.07) is 14.7. The van der Waals surface area contributed by atoms with Crippen molar-refractivity contribution in [3.63, 3.8) is 0 Å². The molecule has 1 saturated carbocycles. The van der Waals surface area contributed by atoms with Crippen molar-refractivity contribution in [2.24, 2.45) is 5.73 Å². The Kier molecular flexibility index (Phi) is 2.38. The SMILES string of the molecule is NC1(c2cccc(-c3ccc4nccnc4c3)c2)CC1. The molecule has 1 aliphatic carbocycles. The summed E-state index contributed by atoms with van der Waals surface area (Å²) in [5.74, 6) is 0. The molecular weight excluding hydrogens is 246 g/mol. The van der Waals surface area contributed by atoms with Crippen LogP contribution in [0.15, 0.2) is 54.9 Å². The van der Waals surface area contributed by atoms with Crippen LogP contribution in [0.1, 0.15) is 18.4 Å². The quantitative estimate of drug-likeness (QED) is 0.770. The number of benzene rings is 2. The summed E-state index contributed by atoms with van der Waals surface area (Å²) in [6.07, 6.45) is 5.61. The zero-order valence-electron chi connectivity index (χ0n) is 11.1. The van der Waals surface area contributed by atoms with E-state index in [-0.39, 0.29) is 5.54 Å². The normalized spacial score (nSPS) is 16.2. The number of aromatic nitrogens is 2. The molecule has 0 amide bonds. The maximum atomic E-state index is 6.28. The first-order chi connectivity index (χ1) is 9.74. The van der Waals surface area contributed by atoms with Gasteiger partial charge in [0.1, 0.15) is 0 Å². The third kappa shape index (κ3) is 1.87. The maximum Gasteiger partial charge on any atom is 0.0892 e. The van der Waals surface area contributed by atoms with Gasteiger partial charge in [-0.1, -0.05) is 24.3 Å². The molecule has 0 saturated heterocycles. The van der Waals surface area contributed by atoms with Crippen molar-refractivity contribution in [1.29, 1.82) is 0 Å². The smallest absolute Gasteiger partial charge is 0.0892 e. The molecule has 4 rings (SSSR count). The second-order valence-electron chi connectivity index (χ2n) is 5.50. The van der Waals surface area contributed by atoms with E-state index in [1.165, 1.54) is 11.1 Å². The van der Waals surface area contributed by atoms with E-state index in [9.17, 15) is 0 Å². The van der Waals surface area contributed by atoms with E-state index >= 15 is 0 Å². The molecule has 0 bridgehead atoms. The molecule has 1 heterocycles. The van der Waals surface area contributed by atoms with Gasteiger partial charge in [0, 0.05) is 17.9 Å². The van der Waals surface area contributed by atoms with Crippen LogP contribution in [0.5, 0.6) is 0 Å². The highest BCUT2D eigenvalue weighted by molar-refractivity contribution is 5.81. The average Bonchev–Trinajstić information content (AvgIpc) is 3.26. The van der Waals surface area contributed by atoms with Crippen LogP contribution in [-0.2, 0) is 5.54 Å². The van der Waals surface area contributed by atoms with Crippen molar-refractivity contribution in [1.82, 2.24) is 9.97 Å². The summed E-state index contributed by atoms with van der Waals surface area (Å²) in [5, 5.41) is 0. The minimum Gasteiger partial charge on any atom is -0.321 e. The van der Waals surface area contributed by atoms with Crippen molar-refractivity contribution < 1.29 is 0 Å². The van der Waals surface area contributed by atoms with Gasteiger partial charge in [-0.15, -0.1) is 0 Å². The molecule has 0 spiro atoms. The molecular formula is C17H15N3. The van der Waals surface area contributed by atoms with Crippen molar-refractivity contribution >= 4 is 11.0 Å². The van der Waals surface area contributed by atoms with Gasteiger partial charge >= 0.3 is 0 Å². The minimum absolute atomic E-state index is 0.0906. The number of fused-ring (bicyclic) bond motifs is 1. The third-order valence-electron chi connectivity index (χ3n) is 4.03. The van der Waals surface area contributed by atoms with Crippen molar-refractivity contribution in [2.45, 2.75) is 18.4 Å². The molecule has 2 N–H and O–H groups in total. The summed E-state index contributed by atoms with van der Waals surface area (Å²) < 4.78 is 0. The Balaban J connectivity index is 1.82. The summed E-state index contributed by atoms with van der Waals surface area (Å²) in [7, 11) is 0. The molecule has 3 aromatic rings. The number of hydrogen-bond donors (Lipinski definition) is 1. The lowest BCUT2D eigenvalue weighted by Gasteiger charge is -2.11. The van der Waals surface area contributed by atoms with E-state index in [2.05, 4.69) is 46.4 Å². The molecule has 3 nitrogen and oxygen atoms in total. The van der Waals surface area contributed by atoms with E-state index in [1.807, 2.05) is 6.07 Å². The molecule has 1 fully saturated rings. The van der Waals surface area contributed by atoms with Gasteiger partial charge < -0.3 is 5.73 Å². The van der Waals surface area contributed by atoms with E-state index in [4.69, 9.17) is 5.73 Å². The van der Waals surface area contributed by atoms with Gasteiger partial charge in [0.15, 0.2) is 0 Å². The number of rotatable bonds is 2. The van der Waals surface area contributed by atoms with E-state index in [0.717, 1.165) is 29.4 Å². The molecule has 0 radical (unpaired) electrons. The van der Waals surface area contributed by atoms with Crippen LogP contribution in [0.4, 0.5) is 0 Å². The molecule has 0 aliphatic heterocycles. The molecule has 0 unspecified atom stereocenters. The summed E-state index contributed by atoms with van der Waals surface area (Å²) in [5.41, 5.74) is 11.6. The van der Waals surface area contributed by atoms with Crippen LogP contribution in [0.25, 0.3) is 22.2 Å². The molecule has 0 atom stereocenters. The fourth-order valence-electron chi connectivity index (χ4n) is 2.57. The second-order valence-corrected chi connectivity index (χ2v) is 5.50. The average molecular weight is 261 g/mol. The Labute approximate surface area is 117 Å². The first kappa shape index (κ1) is 11.6. The van der Waals surface area contributed by atoms with Crippen LogP contribution >= 0.6 is 0 Å². The number of hydrogen-bond acceptors (Lipinski definition) is 3. The molecule has 2 aromatic carbocycles. The van der Waals surface area contributed by atoms with Crippen molar-refractivity contribution in [3.8, 4) is 11.1 Å². The lowest BCUT2D eigenvalue weighted by molar-refractivity contribution is 0.740. The van der Waals surface area contributed by atoms with Gasteiger partial charge in [0.25, 0.3) is 0 Å². The van der Waals surface area contributed by atoms with E-state index < -0.39 is 0 Å². The Bertz CT molecular complexity index is 791. The van der Waals surface area contributed by atoms with E-state index in [1.54, 1.807) is 12.4 Å². The Morgan fingerprint density at radius 3 is 2.40 bits per heavy atom. The molecule has 20 heavy (non-hydrogen) atoms. The molecule has 1 aromatic heterocycles. The highest BCUT2D eigenvalue weighted by Gasteiger charge is 2.39. The molecule has 1 aliphatic rings. The van der Waals surface area contributed by atoms with Crippen LogP contribution in [0.3, 0.4) is 0 Å². The lowest BCUT2D eigenvalue weighted by atomic mass is 9.98. The highest BCUT2D eigenvalue weighted by Crippen LogP contribution is 2.43. The highest BCUT2D eigenvalue weighted by atomic mass is 14.8. The lowest BCUT2D eigenvalue weighted by Crippen LogP contribution is -2.18. The van der Waals surface area contributed by atoms with Crippen LogP contribution in [-0.4, -0.2) is 9.97 Å². The number of nitrogens with zero attached hydrogens (tertiary/aromatic N) is 2. The fraction of sp³-hybridized carbons (Fsp3) is 0.176. The number of nitrogens with two attached hydrogens (primary N) is 1.